The molecule has 0 aliphatic carbocycles. The zero-order chi connectivity index (χ0) is 16.8. The van der Waals surface area contributed by atoms with E-state index in [1.54, 1.807) is 42.5 Å². The number of hydrogen-bond donors (Lipinski definition) is 1. The summed E-state index contributed by atoms with van der Waals surface area (Å²) in [6.45, 7) is 3.39. The minimum absolute atomic E-state index is 0.0406. The maximum absolute atomic E-state index is 12.1. The van der Waals surface area contributed by atoms with E-state index in [9.17, 15) is 4.79 Å². The zero-order valence-corrected chi connectivity index (χ0v) is 13.6. The highest BCUT2D eigenvalue weighted by Crippen LogP contribution is 2.23. The Morgan fingerprint density at radius 1 is 1.13 bits per heavy atom. The molecule has 0 unspecified atom stereocenters. The van der Waals surface area contributed by atoms with E-state index < -0.39 is 0 Å². The summed E-state index contributed by atoms with van der Waals surface area (Å²) in [5.74, 6) is 0.398. The lowest BCUT2D eigenvalue weighted by molar-refractivity contribution is 0.104. The van der Waals surface area contributed by atoms with Gasteiger partial charge in [0.05, 0.1) is 10.0 Å². The largest absolute Gasteiger partial charge is 0.509 e. The third kappa shape index (κ3) is 5.16. The molecule has 2 aromatic rings. The number of ketones is 1. The van der Waals surface area contributed by atoms with Crippen molar-refractivity contribution in [1.29, 1.82) is 0 Å². The van der Waals surface area contributed by atoms with Crippen molar-refractivity contribution < 1.29 is 14.6 Å². The number of aliphatic hydroxyl groups is 1. The number of ether oxygens (including phenoxy) is 1. The Morgan fingerprint density at radius 2 is 1.83 bits per heavy atom. The van der Waals surface area contributed by atoms with E-state index in [-0.39, 0.29) is 18.1 Å². The maximum Gasteiger partial charge on any atom is 0.185 e. The molecule has 2 aromatic carbocycles. The molecule has 118 valence electrons. The van der Waals surface area contributed by atoms with Crippen LogP contribution in [-0.2, 0) is 0 Å². The van der Waals surface area contributed by atoms with E-state index in [0.717, 1.165) is 5.56 Å². The van der Waals surface area contributed by atoms with E-state index in [4.69, 9.17) is 33.0 Å². The SMILES string of the molecule is C=C(O)COc1ccc(/C=C/C(=O)c2ccc(Cl)c(Cl)c2)cc1. The van der Waals surface area contributed by atoms with Crippen LogP contribution in [0.4, 0.5) is 0 Å². The van der Waals surface area contributed by atoms with Crippen LogP contribution in [0.3, 0.4) is 0 Å². The molecule has 0 fully saturated rings. The van der Waals surface area contributed by atoms with Crippen molar-refractivity contribution >= 4 is 35.1 Å². The Kier molecular flexibility index (Phi) is 5.85. The van der Waals surface area contributed by atoms with Gasteiger partial charge in [-0.1, -0.05) is 48.0 Å². The number of carbonyl (C=O) groups excluding carboxylic acids is 1. The minimum atomic E-state index is -0.166. The van der Waals surface area contributed by atoms with Crippen molar-refractivity contribution in [1.82, 2.24) is 0 Å². The highest BCUT2D eigenvalue weighted by atomic mass is 35.5. The minimum Gasteiger partial charge on any atom is -0.509 e. The normalized spacial score (nSPS) is 10.7. The molecule has 0 spiro atoms. The van der Waals surface area contributed by atoms with Crippen LogP contribution in [0.15, 0.2) is 60.9 Å². The van der Waals surface area contributed by atoms with E-state index in [2.05, 4.69) is 6.58 Å². The number of rotatable bonds is 6. The first kappa shape index (κ1) is 17.1. The van der Waals surface area contributed by atoms with Crippen molar-refractivity contribution in [2.45, 2.75) is 0 Å². The highest BCUT2D eigenvalue weighted by molar-refractivity contribution is 6.42. The molecule has 5 heteroatoms. The molecule has 0 bridgehead atoms. The Labute approximate surface area is 144 Å². The van der Waals surface area contributed by atoms with Crippen molar-refractivity contribution in [3.63, 3.8) is 0 Å². The number of hydrogen-bond acceptors (Lipinski definition) is 3. The third-order valence-corrected chi connectivity index (χ3v) is 3.66. The van der Waals surface area contributed by atoms with Crippen LogP contribution < -0.4 is 4.74 Å². The quantitative estimate of drug-likeness (QED) is 0.435. The number of aliphatic hydroxyl groups excluding tert-OH is 1. The van der Waals surface area contributed by atoms with Crippen LogP contribution in [0.2, 0.25) is 10.0 Å². The van der Waals surface area contributed by atoms with Gasteiger partial charge >= 0.3 is 0 Å². The summed E-state index contributed by atoms with van der Waals surface area (Å²) in [6.07, 6.45) is 3.16. The Hall–Kier alpha value is -2.23. The molecule has 0 aliphatic rings. The molecule has 2 rings (SSSR count). The molecule has 23 heavy (non-hydrogen) atoms. The second kappa shape index (κ2) is 7.86. The molecular weight excluding hydrogens is 335 g/mol. The van der Waals surface area contributed by atoms with Gasteiger partial charge < -0.3 is 9.84 Å². The van der Waals surface area contributed by atoms with Crippen molar-refractivity contribution in [3.05, 3.63) is 82.1 Å². The second-order valence-corrected chi connectivity index (χ2v) is 5.56. The molecule has 0 saturated heterocycles. The summed E-state index contributed by atoms with van der Waals surface area (Å²) in [4.78, 5) is 12.1. The van der Waals surface area contributed by atoms with Crippen molar-refractivity contribution in [2.24, 2.45) is 0 Å². The molecule has 3 nitrogen and oxygen atoms in total. The summed E-state index contributed by atoms with van der Waals surface area (Å²) in [5.41, 5.74) is 1.31. The summed E-state index contributed by atoms with van der Waals surface area (Å²) >= 11 is 11.7. The average Bonchev–Trinajstić information content (AvgIpc) is 2.54. The van der Waals surface area contributed by atoms with Crippen LogP contribution in [0.5, 0.6) is 5.75 Å². The summed E-state index contributed by atoms with van der Waals surface area (Å²) in [7, 11) is 0. The van der Waals surface area contributed by atoms with Gasteiger partial charge in [-0.2, -0.15) is 0 Å². The summed E-state index contributed by atoms with van der Waals surface area (Å²) in [6, 6.07) is 11.8. The first-order valence-corrected chi connectivity index (χ1v) is 7.48. The molecule has 0 saturated carbocycles. The fraction of sp³-hybridized carbons (Fsp3) is 0.0556. The van der Waals surface area contributed by atoms with Crippen LogP contribution in [0.1, 0.15) is 15.9 Å². The predicted octanol–water partition coefficient (Wildman–Crippen LogP) is 5.34. The average molecular weight is 349 g/mol. The van der Waals surface area contributed by atoms with Gasteiger partial charge in [-0.15, -0.1) is 0 Å². The van der Waals surface area contributed by atoms with Crippen LogP contribution in [0, 0.1) is 0 Å². The molecule has 0 heterocycles. The number of benzene rings is 2. The number of halogens is 2. The summed E-state index contributed by atoms with van der Waals surface area (Å²) in [5, 5.41) is 9.73. The van der Waals surface area contributed by atoms with E-state index >= 15 is 0 Å². The van der Waals surface area contributed by atoms with Gasteiger partial charge in [0.15, 0.2) is 5.78 Å². The lowest BCUT2D eigenvalue weighted by atomic mass is 10.1. The van der Waals surface area contributed by atoms with Gasteiger partial charge in [0.2, 0.25) is 0 Å². The maximum atomic E-state index is 12.1. The lowest BCUT2D eigenvalue weighted by Crippen LogP contribution is -1.98. The standard InChI is InChI=1S/C18H14Cl2O3/c1-12(21)11-23-15-6-2-13(3-7-15)4-9-18(22)14-5-8-16(19)17(20)10-14/h2-10,21H,1,11H2/b9-4+. The molecular formula is C18H14Cl2O3. The highest BCUT2D eigenvalue weighted by Gasteiger charge is 2.05. The van der Waals surface area contributed by atoms with Crippen LogP contribution in [0.25, 0.3) is 6.08 Å². The van der Waals surface area contributed by atoms with Gasteiger partial charge in [-0.25, -0.2) is 0 Å². The zero-order valence-electron chi connectivity index (χ0n) is 12.1. The Morgan fingerprint density at radius 3 is 2.43 bits per heavy atom. The third-order valence-electron chi connectivity index (χ3n) is 2.92. The fourth-order valence-electron chi connectivity index (χ4n) is 1.76. The Balaban J connectivity index is 2.03. The lowest BCUT2D eigenvalue weighted by Gasteiger charge is -2.04. The van der Waals surface area contributed by atoms with Crippen molar-refractivity contribution in [2.75, 3.05) is 6.61 Å². The van der Waals surface area contributed by atoms with Gasteiger partial charge in [-0.05, 0) is 42.0 Å². The summed E-state index contributed by atoms with van der Waals surface area (Å²) < 4.78 is 5.27. The monoisotopic (exact) mass is 348 g/mol. The smallest absolute Gasteiger partial charge is 0.185 e. The van der Waals surface area contributed by atoms with Gasteiger partial charge in [0, 0.05) is 5.56 Å². The van der Waals surface area contributed by atoms with Gasteiger partial charge in [0.25, 0.3) is 0 Å². The predicted molar refractivity (Wildman–Crippen MR) is 93.5 cm³/mol. The molecule has 0 aliphatic heterocycles. The van der Waals surface area contributed by atoms with Gasteiger partial charge in [-0.3, -0.25) is 4.79 Å². The van der Waals surface area contributed by atoms with E-state index in [1.807, 2.05) is 0 Å². The first-order chi connectivity index (χ1) is 11.0. The molecule has 0 amide bonds. The molecule has 1 N–H and O–H groups in total. The number of carbonyl (C=O) groups is 1. The Bertz CT molecular complexity index is 749. The van der Waals surface area contributed by atoms with Crippen LogP contribution in [-0.4, -0.2) is 17.5 Å². The van der Waals surface area contributed by atoms with E-state index in [1.165, 1.54) is 12.1 Å². The number of allylic oxidation sites excluding steroid dienone is 1. The van der Waals surface area contributed by atoms with Crippen LogP contribution >= 0.6 is 23.2 Å². The first-order valence-electron chi connectivity index (χ1n) is 6.73. The fourth-order valence-corrected chi connectivity index (χ4v) is 2.06. The van der Waals surface area contributed by atoms with E-state index in [0.29, 0.717) is 21.4 Å². The second-order valence-electron chi connectivity index (χ2n) is 4.75. The van der Waals surface area contributed by atoms with Gasteiger partial charge in [0.1, 0.15) is 18.1 Å². The van der Waals surface area contributed by atoms with Crippen molar-refractivity contribution in [3.8, 4) is 5.75 Å². The molecule has 0 radical (unpaired) electrons. The molecule has 0 atom stereocenters. The molecule has 0 aromatic heterocycles. The topological polar surface area (TPSA) is 46.5 Å².